The molecule has 1 aliphatic rings. The normalized spacial score (nSPS) is 29.9. The largest absolute Gasteiger partial charge is 0.370 e. The van der Waals surface area contributed by atoms with E-state index in [1.807, 2.05) is 13.8 Å². The first kappa shape index (κ1) is 14.7. The van der Waals surface area contributed by atoms with Gasteiger partial charge in [0.2, 0.25) is 0 Å². The number of carbonyl (C=O) groups excluding carboxylic acids is 1. The van der Waals surface area contributed by atoms with Gasteiger partial charge in [-0.1, -0.05) is 41.0 Å². The Balaban J connectivity index is 2.49. The van der Waals surface area contributed by atoms with Gasteiger partial charge >= 0.3 is 0 Å². The minimum absolute atomic E-state index is 0.0912. The van der Waals surface area contributed by atoms with E-state index in [1.165, 1.54) is 12.8 Å². The summed E-state index contributed by atoms with van der Waals surface area (Å²) in [5.41, 5.74) is 0. The van der Waals surface area contributed by atoms with Crippen LogP contribution in [-0.4, -0.2) is 18.5 Å². The van der Waals surface area contributed by atoms with Crippen LogP contribution in [0.3, 0.4) is 0 Å². The maximum Gasteiger partial charge on any atom is 0.160 e. The van der Waals surface area contributed by atoms with Crippen molar-refractivity contribution in [3.05, 3.63) is 0 Å². The average Bonchev–Trinajstić information content (AvgIpc) is 2.25. The van der Waals surface area contributed by atoms with Crippen molar-refractivity contribution < 1.29 is 9.53 Å². The highest BCUT2D eigenvalue weighted by atomic mass is 16.5. The monoisotopic (exact) mass is 240 g/mol. The van der Waals surface area contributed by atoms with Gasteiger partial charge in [0, 0.05) is 5.92 Å². The summed E-state index contributed by atoms with van der Waals surface area (Å²) < 4.78 is 5.90. The van der Waals surface area contributed by atoms with Crippen molar-refractivity contribution in [2.45, 2.75) is 60.0 Å². The zero-order valence-corrected chi connectivity index (χ0v) is 12.0. The van der Waals surface area contributed by atoms with Crippen LogP contribution in [0.1, 0.15) is 53.9 Å². The van der Waals surface area contributed by atoms with E-state index < -0.39 is 0 Å². The number of ketones is 1. The van der Waals surface area contributed by atoms with Gasteiger partial charge in [0.25, 0.3) is 0 Å². The molecule has 1 saturated carbocycles. The van der Waals surface area contributed by atoms with Gasteiger partial charge < -0.3 is 4.74 Å². The van der Waals surface area contributed by atoms with E-state index in [4.69, 9.17) is 4.74 Å². The smallest absolute Gasteiger partial charge is 0.160 e. The van der Waals surface area contributed by atoms with Crippen LogP contribution in [0.25, 0.3) is 0 Å². The Hall–Kier alpha value is -0.370. The molecule has 0 N–H and O–H groups in total. The molecule has 2 nitrogen and oxygen atoms in total. The maximum atomic E-state index is 11.6. The van der Waals surface area contributed by atoms with E-state index in [0.717, 1.165) is 12.3 Å². The summed E-state index contributed by atoms with van der Waals surface area (Å²) in [5, 5.41) is 0. The first-order valence-electron chi connectivity index (χ1n) is 7.06. The van der Waals surface area contributed by atoms with Gasteiger partial charge in [-0.05, 0) is 30.6 Å². The second-order valence-corrected chi connectivity index (χ2v) is 6.30. The molecular weight excluding hydrogens is 212 g/mol. The van der Waals surface area contributed by atoms with Crippen LogP contribution in [0, 0.1) is 23.7 Å². The number of hydrogen-bond donors (Lipinski definition) is 0. The molecule has 3 atom stereocenters. The Morgan fingerprint density at radius 3 is 2.41 bits per heavy atom. The molecule has 1 fully saturated rings. The summed E-state index contributed by atoms with van der Waals surface area (Å²) in [4.78, 5) is 11.6. The Labute approximate surface area is 106 Å². The van der Waals surface area contributed by atoms with Crippen molar-refractivity contribution in [2.24, 2.45) is 23.7 Å². The number of ether oxygens (including phenoxy) is 1. The lowest BCUT2D eigenvalue weighted by atomic mass is 9.75. The molecule has 1 aliphatic carbocycles. The maximum absolute atomic E-state index is 11.6. The molecule has 17 heavy (non-hydrogen) atoms. The topological polar surface area (TPSA) is 26.3 Å². The third-order valence-electron chi connectivity index (χ3n) is 4.04. The minimum atomic E-state index is 0.0912. The lowest BCUT2D eigenvalue weighted by Crippen LogP contribution is -2.36. The molecule has 0 spiro atoms. The summed E-state index contributed by atoms with van der Waals surface area (Å²) in [6.45, 7) is 11.0. The van der Waals surface area contributed by atoms with Crippen LogP contribution >= 0.6 is 0 Å². The third-order valence-corrected chi connectivity index (χ3v) is 4.04. The van der Waals surface area contributed by atoms with Crippen LogP contribution in [0.2, 0.25) is 0 Å². The molecule has 100 valence electrons. The van der Waals surface area contributed by atoms with Gasteiger partial charge in [-0.3, -0.25) is 4.79 Å². The lowest BCUT2D eigenvalue weighted by Gasteiger charge is -2.37. The molecule has 0 radical (unpaired) electrons. The standard InChI is InChI=1S/C15H28O2/c1-10(2)13-7-6-12(5)8-15(13)17-9-14(16)11(3)4/h10-13,15H,6-9H2,1-5H3/t12-,13?,15-/m1/s1. The molecule has 1 rings (SSSR count). The van der Waals surface area contributed by atoms with Crippen molar-refractivity contribution in [3.63, 3.8) is 0 Å². The highest BCUT2D eigenvalue weighted by Crippen LogP contribution is 2.35. The first-order chi connectivity index (χ1) is 7.91. The van der Waals surface area contributed by atoms with Gasteiger partial charge in [-0.25, -0.2) is 0 Å². The highest BCUT2D eigenvalue weighted by molar-refractivity contribution is 5.81. The van der Waals surface area contributed by atoms with Crippen molar-refractivity contribution in [1.29, 1.82) is 0 Å². The number of Topliss-reactive ketones (excluding diaryl/α,β-unsaturated/α-hetero) is 1. The second kappa shape index (κ2) is 6.53. The molecule has 2 heteroatoms. The molecule has 0 aromatic rings. The number of carbonyl (C=O) groups is 1. The number of rotatable bonds is 5. The summed E-state index contributed by atoms with van der Waals surface area (Å²) in [6.07, 6.45) is 3.97. The summed E-state index contributed by atoms with van der Waals surface area (Å²) in [7, 11) is 0. The van der Waals surface area contributed by atoms with Crippen LogP contribution in [0.5, 0.6) is 0 Å². The molecule has 0 aromatic heterocycles. The summed E-state index contributed by atoms with van der Waals surface area (Å²) in [5.74, 6) is 2.34. The van der Waals surface area contributed by atoms with E-state index in [1.54, 1.807) is 0 Å². The van der Waals surface area contributed by atoms with E-state index >= 15 is 0 Å². The van der Waals surface area contributed by atoms with Gasteiger partial charge in [0.05, 0.1) is 6.10 Å². The Morgan fingerprint density at radius 1 is 1.24 bits per heavy atom. The van der Waals surface area contributed by atoms with Crippen LogP contribution in [0.4, 0.5) is 0 Å². The Bertz CT molecular complexity index is 245. The van der Waals surface area contributed by atoms with Crippen LogP contribution in [-0.2, 0) is 9.53 Å². The van der Waals surface area contributed by atoms with Crippen molar-refractivity contribution >= 4 is 5.78 Å². The summed E-state index contributed by atoms with van der Waals surface area (Å²) in [6, 6.07) is 0. The fraction of sp³-hybridized carbons (Fsp3) is 0.933. The zero-order chi connectivity index (χ0) is 13.0. The zero-order valence-electron chi connectivity index (χ0n) is 12.0. The average molecular weight is 240 g/mol. The van der Waals surface area contributed by atoms with Gasteiger partial charge in [0.15, 0.2) is 5.78 Å². The molecule has 0 aliphatic heterocycles. The predicted octanol–water partition coefficient (Wildman–Crippen LogP) is 3.69. The lowest BCUT2D eigenvalue weighted by molar-refractivity contribution is -0.132. The fourth-order valence-electron chi connectivity index (χ4n) is 2.66. The van der Waals surface area contributed by atoms with Crippen molar-refractivity contribution in [1.82, 2.24) is 0 Å². The van der Waals surface area contributed by atoms with E-state index in [2.05, 4.69) is 20.8 Å². The Kier molecular flexibility index (Phi) is 5.64. The minimum Gasteiger partial charge on any atom is -0.370 e. The molecule has 1 unspecified atom stereocenters. The van der Waals surface area contributed by atoms with Crippen LogP contribution < -0.4 is 0 Å². The second-order valence-electron chi connectivity index (χ2n) is 6.30. The molecular formula is C15H28O2. The van der Waals surface area contributed by atoms with Crippen molar-refractivity contribution in [3.8, 4) is 0 Å². The fourth-order valence-corrected chi connectivity index (χ4v) is 2.66. The molecule has 0 amide bonds. The molecule has 0 saturated heterocycles. The quantitative estimate of drug-likeness (QED) is 0.732. The van der Waals surface area contributed by atoms with E-state index in [9.17, 15) is 4.79 Å². The van der Waals surface area contributed by atoms with E-state index in [0.29, 0.717) is 24.5 Å². The SMILES string of the molecule is CC(C)C(=O)CO[C@@H]1C[C@H](C)CCC1C(C)C. The van der Waals surface area contributed by atoms with Crippen molar-refractivity contribution in [2.75, 3.05) is 6.61 Å². The van der Waals surface area contributed by atoms with Gasteiger partial charge in [-0.2, -0.15) is 0 Å². The number of hydrogen-bond acceptors (Lipinski definition) is 2. The van der Waals surface area contributed by atoms with Crippen LogP contribution in [0.15, 0.2) is 0 Å². The predicted molar refractivity (Wildman–Crippen MR) is 70.9 cm³/mol. The first-order valence-corrected chi connectivity index (χ1v) is 7.06. The molecule has 0 aromatic carbocycles. The highest BCUT2D eigenvalue weighted by Gasteiger charge is 2.31. The molecule has 0 bridgehead atoms. The molecule has 0 heterocycles. The third kappa shape index (κ3) is 4.42. The summed E-state index contributed by atoms with van der Waals surface area (Å²) >= 11 is 0. The Morgan fingerprint density at radius 2 is 1.88 bits per heavy atom. The van der Waals surface area contributed by atoms with Gasteiger partial charge in [-0.15, -0.1) is 0 Å². The van der Waals surface area contributed by atoms with Gasteiger partial charge in [0.1, 0.15) is 6.61 Å². The van der Waals surface area contributed by atoms with E-state index in [-0.39, 0.29) is 11.7 Å².